The zero-order valence-electron chi connectivity index (χ0n) is 16.8. The second kappa shape index (κ2) is 8.56. The van der Waals surface area contributed by atoms with Crippen molar-refractivity contribution in [3.05, 3.63) is 51.7 Å². The summed E-state index contributed by atoms with van der Waals surface area (Å²) in [6.07, 6.45) is 7.89. The van der Waals surface area contributed by atoms with E-state index in [2.05, 4.69) is 45.5 Å². The first-order valence-electron chi connectivity index (χ1n) is 11.1. The maximum Gasteiger partial charge on any atom is 0.119 e. The standard InChI is InChI=1S/C24H32N2OS/c1-2-11-25(12-3-1)13-6-15-27-19-9-10-20-21(17-19)23-7-4-14-26(23)18-22(20)24-8-5-16-28-24/h5,8-10,16-17,22-23H,1-4,6-7,11-15,18H2/t22-,23-/m0/s1. The Bertz CT molecular complexity index is 769. The zero-order valence-corrected chi connectivity index (χ0v) is 17.6. The molecule has 2 saturated heterocycles. The molecule has 0 unspecified atom stereocenters. The fourth-order valence-corrected chi connectivity index (χ4v) is 6.21. The van der Waals surface area contributed by atoms with Crippen molar-refractivity contribution >= 4 is 11.3 Å². The molecule has 1 aromatic carbocycles. The van der Waals surface area contributed by atoms with Crippen LogP contribution in [-0.4, -0.2) is 49.1 Å². The van der Waals surface area contributed by atoms with Crippen molar-refractivity contribution in [2.75, 3.05) is 39.3 Å². The summed E-state index contributed by atoms with van der Waals surface area (Å²) in [6.45, 7) is 6.99. The van der Waals surface area contributed by atoms with Crippen LogP contribution in [0.15, 0.2) is 35.7 Å². The molecule has 0 amide bonds. The number of benzene rings is 1. The normalized spacial score (nSPS) is 25.4. The molecule has 0 saturated carbocycles. The van der Waals surface area contributed by atoms with E-state index in [1.807, 2.05) is 11.3 Å². The zero-order chi connectivity index (χ0) is 18.8. The Kier molecular flexibility index (Phi) is 5.70. The molecule has 2 atom stereocenters. The molecule has 0 N–H and O–H groups in total. The largest absolute Gasteiger partial charge is 0.494 e. The quantitative estimate of drug-likeness (QED) is 0.618. The first kappa shape index (κ1) is 18.7. The highest BCUT2D eigenvalue weighted by atomic mass is 32.1. The number of hydrogen-bond donors (Lipinski definition) is 0. The van der Waals surface area contributed by atoms with E-state index in [0.717, 1.165) is 18.8 Å². The molecule has 3 aliphatic rings. The molecule has 0 aliphatic carbocycles. The predicted octanol–water partition coefficient (Wildman–Crippen LogP) is 5.29. The summed E-state index contributed by atoms with van der Waals surface area (Å²) >= 11 is 1.90. The molecule has 1 aromatic heterocycles. The lowest BCUT2D eigenvalue weighted by molar-refractivity contribution is 0.204. The Hall–Kier alpha value is -1.36. The predicted molar refractivity (Wildman–Crippen MR) is 117 cm³/mol. The molecule has 4 heterocycles. The molecule has 150 valence electrons. The van der Waals surface area contributed by atoms with E-state index in [4.69, 9.17) is 4.74 Å². The summed E-state index contributed by atoms with van der Waals surface area (Å²) in [5.41, 5.74) is 3.06. The summed E-state index contributed by atoms with van der Waals surface area (Å²) in [5.74, 6) is 1.59. The average Bonchev–Trinajstić information content (AvgIpc) is 3.43. The summed E-state index contributed by atoms with van der Waals surface area (Å²) in [4.78, 5) is 6.80. The highest BCUT2D eigenvalue weighted by molar-refractivity contribution is 7.10. The monoisotopic (exact) mass is 396 g/mol. The summed E-state index contributed by atoms with van der Waals surface area (Å²) in [5, 5.41) is 2.21. The third-order valence-electron chi connectivity index (χ3n) is 6.80. The van der Waals surface area contributed by atoms with Gasteiger partial charge in [0.15, 0.2) is 0 Å². The van der Waals surface area contributed by atoms with Crippen LogP contribution in [0, 0.1) is 0 Å². The smallest absolute Gasteiger partial charge is 0.119 e. The minimum Gasteiger partial charge on any atom is -0.494 e. The van der Waals surface area contributed by atoms with Gasteiger partial charge in [-0.15, -0.1) is 11.3 Å². The van der Waals surface area contributed by atoms with Crippen LogP contribution in [0.25, 0.3) is 0 Å². The molecule has 4 heteroatoms. The Morgan fingerprint density at radius 1 is 1.00 bits per heavy atom. The molecular weight excluding hydrogens is 364 g/mol. The van der Waals surface area contributed by atoms with Gasteiger partial charge in [-0.05, 0) is 86.4 Å². The van der Waals surface area contributed by atoms with E-state index in [-0.39, 0.29) is 0 Å². The minimum absolute atomic E-state index is 0.525. The van der Waals surface area contributed by atoms with Gasteiger partial charge in [0.2, 0.25) is 0 Å². The van der Waals surface area contributed by atoms with Gasteiger partial charge in [0.05, 0.1) is 6.61 Å². The van der Waals surface area contributed by atoms with Gasteiger partial charge in [0.1, 0.15) is 5.75 Å². The Morgan fingerprint density at radius 2 is 1.93 bits per heavy atom. The van der Waals surface area contributed by atoms with Crippen molar-refractivity contribution in [1.82, 2.24) is 9.80 Å². The van der Waals surface area contributed by atoms with Gasteiger partial charge in [0, 0.05) is 29.9 Å². The van der Waals surface area contributed by atoms with Crippen molar-refractivity contribution < 1.29 is 4.74 Å². The number of nitrogens with zero attached hydrogens (tertiary/aromatic N) is 2. The molecule has 2 aromatic rings. The van der Waals surface area contributed by atoms with E-state index >= 15 is 0 Å². The molecule has 5 rings (SSSR count). The number of rotatable bonds is 6. The fraction of sp³-hybridized carbons (Fsp3) is 0.583. The van der Waals surface area contributed by atoms with E-state index < -0.39 is 0 Å². The third-order valence-corrected chi connectivity index (χ3v) is 7.78. The van der Waals surface area contributed by atoms with Crippen LogP contribution in [0.4, 0.5) is 0 Å². The molecule has 0 radical (unpaired) electrons. The lowest BCUT2D eigenvalue weighted by atomic mass is 9.84. The minimum atomic E-state index is 0.525. The van der Waals surface area contributed by atoms with Crippen LogP contribution < -0.4 is 4.74 Å². The van der Waals surface area contributed by atoms with E-state index in [9.17, 15) is 0 Å². The van der Waals surface area contributed by atoms with E-state index in [1.54, 1.807) is 0 Å². The van der Waals surface area contributed by atoms with Gasteiger partial charge in [-0.3, -0.25) is 4.90 Å². The average molecular weight is 397 g/mol. The van der Waals surface area contributed by atoms with Crippen LogP contribution in [0.1, 0.15) is 66.5 Å². The van der Waals surface area contributed by atoms with Gasteiger partial charge in [-0.1, -0.05) is 18.6 Å². The van der Waals surface area contributed by atoms with Crippen molar-refractivity contribution in [3.8, 4) is 5.75 Å². The highest BCUT2D eigenvalue weighted by Crippen LogP contribution is 2.46. The Balaban J connectivity index is 1.27. The summed E-state index contributed by atoms with van der Waals surface area (Å²) in [7, 11) is 0. The summed E-state index contributed by atoms with van der Waals surface area (Å²) in [6, 6.07) is 12.0. The number of likely N-dealkylation sites (tertiary alicyclic amines) is 1. The van der Waals surface area contributed by atoms with E-state index in [1.165, 1.54) is 80.8 Å². The van der Waals surface area contributed by atoms with Crippen molar-refractivity contribution in [2.45, 2.75) is 50.5 Å². The second-order valence-corrected chi connectivity index (χ2v) is 9.60. The number of hydrogen-bond acceptors (Lipinski definition) is 4. The van der Waals surface area contributed by atoms with Crippen LogP contribution in [-0.2, 0) is 0 Å². The van der Waals surface area contributed by atoms with Gasteiger partial charge < -0.3 is 9.64 Å². The molecule has 2 fully saturated rings. The first-order chi connectivity index (χ1) is 13.9. The molecular formula is C24H32N2OS. The topological polar surface area (TPSA) is 15.7 Å². The van der Waals surface area contributed by atoms with Crippen molar-refractivity contribution in [3.63, 3.8) is 0 Å². The number of thiophene rings is 1. The lowest BCUT2D eigenvalue weighted by Crippen LogP contribution is -2.34. The second-order valence-electron chi connectivity index (χ2n) is 8.62. The van der Waals surface area contributed by atoms with Gasteiger partial charge in [0.25, 0.3) is 0 Å². The van der Waals surface area contributed by atoms with Crippen molar-refractivity contribution in [1.29, 1.82) is 0 Å². The molecule has 3 nitrogen and oxygen atoms in total. The van der Waals surface area contributed by atoms with Gasteiger partial charge >= 0.3 is 0 Å². The van der Waals surface area contributed by atoms with E-state index in [0.29, 0.717) is 12.0 Å². The van der Waals surface area contributed by atoms with Crippen LogP contribution in [0.3, 0.4) is 0 Å². The van der Waals surface area contributed by atoms with Gasteiger partial charge in [-0.25, -0.2) is 0 Å². The van der Waals surface area contributed by atoms with Crippen LogP contribution in [0.2, 0.25) is 0 Å². The Labute approximate surface area is 173 Å². The molecule has 3 aliphatic heterocycles. The van der Waals surface area contributed by atoms with Crippen LogP contribution in [0.5, 0.6) is 5.75 Å². The number of piperidine rings is 1. The fourth-order valence-electron chi connectivity index (χ4n) is 5.37. The van der Waals surface area contributed by atoms with Gasteiger partial charge in [-0.2, -0.15) is 0 Å². The third kappa shape index (κ3) is 3.87. The van der Waals surface area contributed by atoms with Crippen molar-refractivity contribution in [2.24, 2.45) is 0 Å². The molecule has 28 heavy (non-hydrogen) atoms. The highest BCUT2D eigenvalue weighted by Gasteiger charge is 2.37. The molecule has 0 bridgehead atoms. The maximum absolute atomic E-state index is 6.20. The Morgan fingerprint density at radius 3 is 2.79 bits per heavy atom. The molecule has 0 spiro atoms. The van der Waals surface area contributed by atoms with Crippen LogP contribution >= 0.6 is 11.3 Å². The SMILES string of the molecule is c1csc([C@H]2CN3CCC[C@H]3c3cc(OCCCN4CCCCC4)ccc32)c1. The summed E-state index contributed by atoms with van der Waals surface area (Å²) < 4.78 is 6.20. The number of ether oxygens (including phenoxy) is 1. The number of fused-ring (bicyclic) bond motifs is 3. The lowest BCUT2D eigenvalue weighted by Gasteiger charge is -2.37. The maximum atomic E-state index is 6.20. The first-order valence-corrected chi connectivity index (χ1v) is 12.0.